The second kappa shape index (κ2) is 5.90. The van der Waals surface area contributed by atoms with Crippen molar-refractivity contribution < 1.29 is 12.8 Å². The second-order valence-electron chi connectivity index (χ2n) is 6.07. The molecule has 2 rings (SSSR count). The molecule has 1 saturated carbocycles. The molecule has 1 heterocycles. The van der Waals surface area contributed by atoms with Gasteiger partial charge in [-0.1, -0.05) is 6.42 Å². The fourth-order valence-corrected chi connectivity index (χ4v) is 4.39. The standard InChI is InChI=1S/C15H25NO3S/c1-10-8-15(12(3)19-10)11(2)16-13-6-5-7-14(9-13)20(4,17)18/h8,11,13-14,16H,5-7,9H2,1-4H3. The molecule has 0 aromatic carbocycles. The third-order valence-electron chi connectivity index (χ3n) is 4.26. The molecule has 114 valence electrons. The van der Waals surface area contributed by atoms with Gasteiger partial charge in [-0.3, -0.25) is 0 Å². The lowest BCUT2D eigenvalue weighted by Gasteiger charge is -2.31. The van der Waals surface area contributed by atoms with Crippen molar-refractivity contribution in [2.45, 2.75) is 63.8 Å². The van der Waals surface area contributed by atoms with Gasteiger partial charge in [0, 0.05) is 23.9 Å². The molecule has 1 N–H and O–H groups in total. The van der Waals surface area contributed by atoms with Crippen molar-refractivity contribution in [3.05, 3.63) is 23.2 Å². The van der Waals surface area contributed by atoms with Gasteiger partial charge in [0.15, 0.2) is 0 Å². The average Bonchev–Trinajstić information content (AvgIpc) is 2.68. The van der Waals surface area contributed by atoms with E-state index in [1.807, 2.05) is 13.8 Å². The smallest absolute Gasteiger partial charge is 0.150 e. The van der Waals surface area contributed by atoms with Gasteiger partial charge in [-0.2, -0.15) is 0 Å². The van der Waals surface area contributed by atoms with Crippen LogP contribution in [0.25, 0.3) is 0 Å². The Hall–Kier alpha value is -0.810. The molecule has 4 nitrogen and oxygen atoms in total. The predicted molar refractivity (Wildman–Crippen MR) is 80.6 cm³/mol. The number of sulfone groups is 1. The normalized spacial score (nSPS) is 25.6. The highest BCUT2D eigenvalue weighted by Crippen LogP contribution is 2.27. The first kappa shape index (κ1) is 15.6. The molecule has 3 atom stereocenters. The predicted octanol–water partition coefficient (Wildman–Crippen LogP) is 2.90. The van der Waals surface area contributed by atoms with Crippen LogP contribution >= 0.6 is 0 Å². The van der Waals surface area contributed by atoms with E-state index in [0.29, 0.717) is 0 Å². The first-order chi connectivity index (χ1) is 9.27. The Kier molecular flexibility index (Phi) is 4.59. The highest BCUT2D eigenvalue weighted by molar-refractivity contribution is 7.91. The first-order valence-corrected chi connectivity index (χ1v) is 9.24. The van der Waals surface area contributed by atoms with Crippen molar-refractivity contribution >= 4 is 9.84 Å². The Balaban J connectivity index is 2.01. The van der Waals surface area contributed by atoms with E-state index in [4.69, 9.17) is 4.42 Å². The van der Waals surface area contributed by atoms with Crippen molar-refractivity contribution in [1.82, 2.24) is 5.32 Å². The molecule has 1 aliphatic rings. The Morgan fingerprint density at radius 1 is 1.35 bits per heavy atom. The van der Waals surface area contributed by atoms with Crippen LogP contribution in [0, 0.1) is 13.8 Å². The van der Waals surface area contributed by atoms with Crippen molar-refractivity contribution in [3.8, 4) is 0 Å². The van der Waals surface area contributed by atoms with Gasteiger partial charge in [0.2, 0.25) is 0 Å². The Bertz CT molecular complexity index is 562. The van der Waals surface area contributed by atoms with Crippen LogP contribution in [-0.4, -0.2) is 26.0 Å². The zero-order chi connectivity index (χ0) is 14.9. The summed E-state index contributed by atoms with van der Waals surface area (Å²) in [5.74, 6) is 1.86. The summed E-state index contributed by atoms with van der Waals surface area (Å²) in [6.45, 7) is 6.03. The van der Waals surface area contributed by atoms with Gasteiger partial charge in [0.25, 0.3) is 0 Å². The summed E-state index contributed by atoms with van der Waals surface area (Å²) in [4.78, 5) is 0. The van der Waals surface area contributed by atoms with Gasteiger partial charge in [-0.05, 0) is 46.1 Å². The molecule has 0 aliphatic heterocycles. The Morgan fingerprint density at radius 2 is 2.05 bits per heavy atom. The third kappa shape index (κ3) is 3.64. The van der Waals surface area contributed by atoms with Crippen LogP contribution < -0.4 is 5.32 Å². The third-order valence-corrected chi connectivity index (χ3v) is 5.90. The number of rotatable bonds is 4. The molecule has 1 aliphatic carbocycles. The summed E-state index contributed by atoms with van der Waals surface area (Å²) >= 11 is 0. The Morgan fingerprint density at radius 3 is 2.60 bits per heavy atom. The summed E-state index contributed by atoms with van der Waals surface area (Å²) in [5, 5.41) is 3.38. The fraction of sp³-hybridized carbons (Fsp3) is 0.733. The lowest BCUT2D eigenvalue weighted by molar-refractivity contribution is 0.344. The maximum atomic E-state index is 11.7. The van der Waals surface area contributed by atoms with E-state index in [1.54, 1.807) is 0 Å². The van der Waals surface area contributed by atoms with E-state index in [2.05, 4.69) is 18.3 Å². The molecule has 0 amide bonds. The minimum absolute atomic E-state index is 0.187. The molecular formula is C15H25NO3S. The lowest BCUT2D eigenvalue weighted by Crippen LogP contribution is -2.39. The molecule has 3 unspecified atom stereocenters. The zero-order valence-electron chi connectivity index (χ0n) is 12.8. The molecule has 0 saturated heterocycles. The first-order valence-electron chi connectivity index (χ1n) is 7.29. The average molecular weight is 299 g/mol. The number of hydrogen-bond acceptors (Lipinski definition) is 4. The van der Waals surface area contributed by atoms with Gasteiger partial charge >= 0.3 is 0 Å². The molecule has 20 heavy (non-hydrogen) atoms. The van der Waals surface area contributed by atoms with Crippen molar-refractivity contribution in [2.24, 2.45) is 0 Å². The molecule has 5 heteroatoms. The fourth-order valence-electron chi connectivity index (χ4n) is 3.21. The van der Waals surface area contributed by atoms with Crippen LogP contribution in [0.4, 0.5) is 0 Å². The zero-order valence-corrected chi connectivity index (χ0v) is 13.6. The maximum absolute atomic E-state index is 11.7. The SMILES string of the molecule is Cc1cc(C(C)NC2CCCC(S(C)(=O)=O)C2)c(C)o1. The monoisotopic (exact) mass is 299 g/mol. The van der Waals surface area contributed by atoms with E-state index in [-0.39, 0.29) is 17.3 Å². The molecular weight excluding hydrogens is 274 g/mol. The highest BCUT2D eigenvalue weighted by atomic mass is 32.2. The van der Waals surface area contributed by atoms with Gasteiger partial charge in [-0.15, -0.1) is 0 Å². The minimum Gasteiger partial charge on any atom is -0.466 e. The number of furan rings is 1. The van der Waals surface area contributed by atoms with Gasteiger partial charge in [0.05, 0.1) is 5.25 Å². The summed E-state index contributed by atoms with van der Waals surface area (Å²) < 4.78 is 29.0. The summed E-state index contributed by atoms with van der Waals surface area (Å²) in [7, 11) is -2.92. The molecule has 0 bridgehead atoms. The van der Waals surface area contributed by atoms with E-state index < -0.39 is 9.84 Å². The van der Waals surface area contributed by atoms with Crippen LogP contribution in [-0.2, 0) is 9.84 Å². The van der Waals surface area contributed by atoms with Gasteiger partial charge in [-0.25, -0.2) is 8.42 Å². The van der Waals surface area contributed by atoms with Crippen molar-refractivity contribution in [3.63, 3.8) is 0 Å². The molecule has 1 aromatic heterocycles. The summed E-state index contributed by atoms with van der Waals surface area (Å²) in [6.07, 6.45) is 4.90. The van der Waals surface area contributed by atoms with Gasteiger partial charge < -0.3 is 9.73 Å². The number of aryl methyl sites for hydroxylation is 2. The Labute approximate surface area is 121 Å². The molecule has 0 spiro atoms. The van der Waals surface area contributed by atoms with Crippen molar-refractivity contribution in [2.75, 3.05) is 6.26 Å². The molecule has 1 aromatic rings. The van der Waals surface area contributed by atoms with Gasteiger partial charge in [0.1, 0.15) is 21.4 Å². The van der Waals surface area contributed by atoms with E-state index in [9.17, 15) is 8.42 Å². The van der Waals surface area contributed by atoms with Crippen LogP contribution in [0.5, 0.6) is 0 Å². The van der Waals surface area contributed by atoms with E-state index in [0.717, 1.165) is 37.2 Å². The minimum atomic E-state index is -2.92. The summed E-state index contributed by atoms with van der Waals surface area (Å²) in [6, 6.07) is 2.52. The highest BCUT2D eigenvalue weighted by Gasteiger charge is 2.29. The number of nitrogens with one attached hydrogen (secondary N) is 1. The molecule has 0 radical (unpaired) electrons. The van der Waals surface area contributed by atoms with Crippen LogP contribution in [0.2, 0.25) is 0 Å². The lowest BCUT2D eigenvalue weighted by atomic mass is 9.93. The quantitative estimate of drug-likeness (QED) is 0.928. The van der Waals surface area contributed by atoms with E-state index in [1.165, 1.54) is 11.8 Å². The van der Waals surface area contributed by atoms with Crippen LogP contribution in [0.3, 0.4) is 0 Å². The maximum Gasteiger partial charge on any atom is 0.150 e. The largest absolute Gasteiger partial charge is 0.466 e. The van der Waals surface area contributed by atoms with E-state index >= 15 is 0 Å². The number of hydrogen-bond donors (Lipinski definition) is 1. The van der Waals surface area contributed by atoms with Crippen LogP contribution in [0.15, 0.2) is 10.5 Å². The van der Waals surface area contributed by atoms with Crippen LogP contribution in [0.1, 0.15) is 55.7 Å². The summed E-state index contributed by atoms with van der Waals surface area (Å²) in [5.41, 5.74) is 1.17. The van der Waals surface area contributed by atoms with Crippen molar-refractivity contribution in [1.29, 1.82) is 0 Å². The topological polar surface area (TPSA) is 59.3 Å². The second-order valence-corrected chi connectivity index (χ2v) is 8.40. The molecule has 1 fully saturated rings.